The van der Waals surface area contributed by atoms with Crippen LogP contribution in [0, 0.1) is 6.92 Å². The fourth-order valence-electron chi connectivity index (χ4n) is 4.53. The second kappa shape index (κ2) is 14.1. The molecule has 0 radical (unpaired) electrons. The van der Waals surface area contributed by atoms with Crippen LogP contribution in [0.2, 0.25) is 0 Å². The van der Waals surface area contributed by atoms with E-state index in [2.05, 4.69) is 60.8 Å². The molecule has 0 aliphatic heterocycles. The largest absolute Gasteiger partial charge is 0.497 e. The molecule has 0 aliphatic rings. The Balaban J connectivity index is 1.47. The number of rotatable bonds is 13. The Bertz CT molecular complexity index is 1370. The van der Waals surface area contributed by atoms with E-state index in [1.54, 1.807) is 14.0 Å². The smallest absolute Gasteiger partial charge is 0.216 e. The molecule has 0 atom stereocenters. The molecule has 0 aliphatic carbocycles. The Morgan fingerprint density at radius 1 is 0.769 bits per heavy atom. The van der Waals surface area contributed by atoms with E-state index in [1.165, 1.54) is 16.7 Å². The molecule has 4 aromatic carbocycles. The molecule has 0 saturated carbocycles. The number of nitrogens with one attached hydrogen (secondary N) is 1. The summed E-state index contributed by atoms with van der Waals surface area (Å²) in [6.07, 6.45) is 2.71. The van der Waals surface area contributed by atoms with Crippen LogP contribution in [0.3, 0.4) is 0 Å². The number of unbranched alkanes of at least 4 members (excludes halogenated alkanes) is 1. The first-order chi connectivity index (χ1) is 19.0. The highest BCUT2D eigenvalue weighted by molar-refractivity contribution is 5.72. The van der Waals surface area contributed by atoms with Crippen LogP contribution in [0.15, 0.2) is 91.0 Å². The predicted octanol–water partition coefficient (Wildman–Crippen LogP) is 7.29. The van der Waals surface area contributed by atoms with Gasteiger partial charge in [0.2, 0.25) is 5.91 Å². The molecule has 4 rings (SSSR count). The molecule has 1 N–H and O–H groups in total. The van der Waals surface area contributed by atoms with Crippen LogP contribution in [0.25, 0.3) is 11.1 Å². The van der Waals surface area contributed by atoms with E-state index in [4.69, 9.17) is 14.2 Å². The molecule has 202 valence electrons. The summed E-state index contributed by atoms with van der Waals surface area (Å²) in [6.45, 7) is 5.27. The minimum atomic E-state index is 0.00311. The Morgan fingerprint density at radius 2 is 1.59 bits per heavy atom. The lowest BCUT2D eigenvalue weighted by atomic mass is 9.97. The number of hydrogen-bond donors (Lipinski definition) is 1. The number of benzene rings is 4. The minimum absolute atomic E-state index is 0.00311. The zero-order chi connectivity index (χ0) is 27.5. The number of carbonyl (C=O) groups excluding carboxylic acids is 1. The number of hydrogen-bond acceptors (Lipinski definition) is 4. The van der Waals surface area contributed by atoms with Gasteiger partial charge in [0.05, 0.1) is 7.11 Å². The topological polar surface area (TPSA) is 56.8 Å². The van der Waals surface area contributed by atoms with Crippen LogP contribution in [0.5, 0.6) is 17.2 Å². The van der Waals surface area contributed by atoms with Crippen molar-refractivity contribution in [1.82, 2.24) is 5.32 Å². The normalized spacial score (nSPS) is 10.6. The quantitative estimate of drug-likeness (QED) is 0.187. The van der Waals surface area contributed by atoms with Gasteiger partial charge in [0.15, 0.2) is 0 Å². The van der Waals surface area contributed by atoms with Crippen molar-refractivity contribution >= 4 is 5.91 Å². The minimum Gasteiger partial charge on any atom is -0.497 e. The summed E-state index contributed by atoms with van der Waals surface area (Å²) < 4.78 is 17.9. The van der Waals surface area contributed by atoms with E-state index >= 15 is 0 Å². The van der Waals surface area contributed by atoms with Crippen molar-refractivity contribution in [3.05, 3.63) is 113 Å². The predicted molar refractivity (Wildman–Crippen MR) is 156 cm³/mol. The van der Waals surface area contributed by atoms with Crippen molar-refractivity contribution in [2.24, 2.45) is 0 Å². The fraction of sp³-hybridized carbons (Fsp3) is 0.265. The van der Waals surface area contributed by atoms with E-state index in [0.717, 1.165) is 53.2 Å². The highest BCUT2D eigenvalue weighted by atomic mass is 16.5. The third kappa shape index (κ3) is 8.11. The summed E-state index contributed by atoms with van der Waals surface area (Å²) in [6, 6.07) is 30.8. The summed E-state index contributed by atoms with van der Waals surface area (Å²) in [5.74, 6) is 2.38. The third-order valence-electron chi connectivity index (χ3n) is 6.74. The zero-order valence-corrected chi connectivity index (χ0v) is 23.0. The molecule has 0 spiro atoms. The van der Waals surface area contributed by atoms with Gasteiger partial charge in [-0.3, -0.25) is 4.79 Å². The Hall–Kier alpha value is -4.25. The Labute approximate surface area is 231 Å². The van der Waals surface area contributed by atoms with Crippen LogP contribution in [0.4, 0.5) is 0 Å². The molecule has 0 saturated heterocycles. The SMILES string of the molecule is COc1cccc(COc2cc(OCc3cccc(-c4ccccc4)c3C)ccc2CCCCNC(C)=O)c1. The zero-order valence-electron chi connectivity index (χ0n) is 23.0. The lowest BCUT2D eigenvalue weighted by molar-refractivity contribution is -0.118. The molecule has 0 aromatic heterocycles. The van der Waals surface area contributed by atoms with Gasteiger partial charge in [-0.15, -0.1) is 0 Å². The van der Waals surface area contributed by atoms with Crippen LogP contribution in [-0.4, -0.2) is 19.6 Å². The van der Waals surface area contributed by atoms with Gasteiger partial charge in [-0.1, -0.05) is 66.7 Å². The van der Waals surface area contributed by atoms with E-state index in [9.17, 15) is 4.79 Å². The van der Waals surface area contributed by atoms with Gasteiger partial charge in [-0.25, -0.2) is 0 Å². The molecule has 0 heterocycles. The summed E-state index contributed by atoms with van der Waals surface area (Å²) in [4.78, 5) is 11.2. The summed E-state index contributed by atoms with van der Waals surface area (Å²) in [5, 5.41) is 2.86. The van der Waals surface area contributed by atoms with Gasteiger partial charge in [-0.05, 0) is 77.8 Å². The molecule has 0 bridgehead atoms. The van der Waals surface area contributed by atoms with Crippen molar-refractivity contribution in [2.45, 2.75) is 46.3 Å². The third-order valence-corrected chi connectivity index (χ3v) is 6.74. The van der Waals surface area contributed by atoms with Crippen molar-refractivity contribution < 1.29 is 19.0 Å². The van der Waals surface area contributed by atoms with Gasteiger partial charge >= 0.3 is 0 Å². The molecule has 1 amide bonds. The van der Waals surface area contributed by atoms with Gasteiger partial charge in [0, 0.05) is 19.5 Å². The first-order valence-electron chi connectivity index (χ1n) is 13.4. The highest BCUT2D eigenvalue weighted by Crippen LogP contribution is 2.30. The second-order valence-corrected chi connectivity index (χ2v) is 9.59. The molecule has 5 nitrogen and oxygen atoms in total. The van der Waals surface area contributed by atoms with Crippen molar-refractivity contribution in [3.63, 3.8) is 0 Å². The van der Waals surface area contributed by atoms with E-state index in [1.807, 2.05) is 42.5 Å². The molecular formula is C34H37NO4. The first-order valence-corrected chi connectivity index (χ1v) is 13.4. The number of amides is 1. The van der Waals surface area contributed by atoms with Crippen LogP contribution < -0.4 is 19.5 Å². The van der Waals surface area contributed by atoms with E-state index in [0.29, 0.717) is 19.8 Å². The van der Waals surface area contributed by atoms with E-state index < -0.39 is 0 Å². The monoisotopic (exact) mass is 523 g/mol. The van der Waals surface area contributed by atoms with Gasteiger partial charge < -0.3 is 19.5 Å². The van der Waals surface area contributed by atoms with Crippen LogP contribution in [-0.2, 0) is 24.4 Å². The number of carbonyl (C=O) groups is 1. The molecule has 0 fully saturated rings. The molecule has 39 heavy (non-hydrogen) atoms. The number of aryl methyl sites for hydroxylation is 1. The maximum Gasteiger partial charge on any atom is 0.216 e. The summed E-state index contributed by atoms with van der Waals surface area (Å²) in [5.41, 5.74) is 6.94. The van der Waals surface area contributed by atoms with Crippen LogP contribution >= 0.6 is 0 Å². The van der Waals surface area contributed by atoms with Gasteiger partial charge in [-0.2, -0.15) is 0 Å². The average Bonchev–Trinajstić information content (AvgIpc) is 2.96. The first kappa shape index (κ1) is 27.8. The summed E-state index contributed by atoms with van der Waals surface area (Å²) >= 11 is 0. The molecule has 4 aromatic rings. The maximum absolute atomic E-state index is 11.2. The van der Waals surface area contributed by atoms with Crippen molar-refractivity contribution in [3.8, 4) is 28.4 Å². The maximum atomic E-state index is 11.2. The highest BCUT2D eigenvalue weighted by Gasteiger charge is 2.10. The fourth-order valence-corrected chi connectivity index (χ4v) is 4.53. The molecule has 5 heteroatoms. The van der Waals surface area contributed by atoms with E-state index in [-0.39, 0.29) is 5.91 Å². The number of methoxy groups -OCH3 is 1. The van der Waals surface area contributed by atoms with Gasteiger partial charge in [0.25, 0.3) is 0 Å². The summed E-state index contributed by atoms with van der Waals surface area (Å²) in [7, 11) is 1.66. The molecular weight excluding hydrogens is 486 g/mol. The number of ether oxygens (including phenoxy) is 3. The molecule has 0 unspecified atom stereocenters. The Kier molecular flexibility index (Phi) is 10.0. The lowest BCUT2D eigenvalue weighted by Crippen LogP contribution is -2.20. The van der Waals surface area contributed by atoms with Crippen LogP contribution in [0.1, 0.15) is 42.0 Å². The second-order valence-electron chi connectivity index (χ2n) is 9.59. The standard InChI is InChI=1S/C34H37NO4/c1-25-30(15-10-17-33(25)28-12-5-4-6-13-28)24-38-32-19-18-29(14-7-8-20-35-26(2)36)34(22-32)39-23-27-11-9-16-31(21-27)37-3/h4-6,9-13,15-19,21-22H,7-8,14,20,23-24H2,1-3H3,(H,35,36). The Morgan fingerprint density at radius 3 is 2.38 bits per heavy atom. The van der Waals surface area contributed by atoms with Crippen molar-refractivity contribution in [1.29, 1.82) is 0 Å². The van der Waals surface area contributed by atoms with Gasteiger partial charge in [0.1, 0.15) is 30.5 Å². The van der Waals surface area contributed by atoms with Crippen molar-refractivity contribution in [2.75, 3.05) is 13.7 Å². The lowest BCUT2D eigenvalue weighted by Gasteiger charge is -2.16. The average molecular weight is 524 g/mol.